The van der Waals surface area contributed by atoms with Crippen LogP contribution in [-0.2, 0) is 11.3 Å². The molecule has 0 aliphatic carbocycles. The second-order valence-corrected chi connectivity index (χ2v) is 4.82. The summed E-state index contributed by atoms with van der Waals surface area (Å²) in [5.41, 5.74) is 5.12. The molecule has 0 aliphatic heterocycles. The van der Waals surface area contributed by atoms with Gasteiger partial charge in [-0.15, -0.1) is 0 Å². The lowest BCUT2D eigenvalue weighted by molar-refractivity contribution is -0.121. The normalized spacial score (nSPS) is 10.4. The van der Waals surface area contributed by atoms with Crippen molar-refractivity contribution in [2.24, 2.45) is 5.73 Å². The van der Waals surface area contributed by atoms with Crippen molar-refractivity contribution < 1.29 is 9.53 Å². The minimum atomic E-state index is -0.194. The van der Waals surface area contributed by atoms with Crippen molar-refractivity contribution in [1.29, 1.82) is 0 Å². The van der Waals surface area contributed by atoms with Gasteiger partial charge in [0, 0.05) is 32.3 Å². The predicted octanol–water partition coefficient (Wildman–Crippen LogP) is 0.882. The molecule has 118 valence electrons. The number of amides is 1. The molecule has 0 aromatic carbocycles. The number of hydrogen-bond acceptors (Lipinski definition) is 4. The average Bonchev–Trinajstić information content (AvgIpc) is 2.49. The smallest absolute Gasteiger partial charge is 0.292 e. The topological polar surface area (TPSA) is 86.3 Å². The van der Waals surface area contributed by atoms with Crippen LogP contribution in [0.1, 0.15) is 32.6 Å². The van der Waals surface area contributed by atoms with Gasteiger partial charge in [-0.1, -0.05) is 19.8 Å². The molecule has 21 heavy (non-hydrogen) atoms. The number of carbonyl (C=O) groups is 1. The van der Waals surface area contributed by atoms with Crippen LogP contribution >= 0.6 is 0 Å². The standard InChI is InChI=1S/C15H25N3O3/c1-2-3-4-12-21-13-6-5-10-18(15(13)20)11-7-14(19)17-9-8-16/h5-6,10H,2-4,7-9,11-12,16H2,1H3,(H,17,19). The first-order valence-electron chi connectivity index (χ1n) is 7.48. The van der Waals surface area contributed by atoms with Gasteiger partial charge in [-0.25, -0.2) is 0 Å². The van der Waals surface area contributed by atoms with E-state index >= 15 is 0 Å². The molecule has 0 aliphatic rings. The Bertz CT molecular complexity index is 485. The quantitative estimate of drug-likeness (QED) is 0.627. The molecule has 0 atom stereocenters. The highest BCUT2D eigenvalue weighted by Gasteiger charge is 2.06. The Kier molecular flexibility index (Phi) is 8.19. The van der Waals surface area contributed by atoms with Crippen LogP contribution in [0, 0.1) is 0 Å². The molecule has 1 amide bonds. The maximum absolute atomic E-state index is 12.1. The maximum atomic E-state index is 12.1. The number of nitrogens with two attached hydrogens (primary N) is 1. The van der Waals surface area contributed by atoms with Crippen LogP contribution in [0.4, 0.5) is 0 Å². The zero-order valence-corrected chi connectivity index (χ0v) is 12.6. The van der Waals surface area contributed by atoms with E-state index in [1.54, 1.807) is 18.3 Å². The van der Waals surface area contributed by atoms with Crippen LogP contribution in [0.15, 0.2) is 23.1 Å². The van der Waals surface area contributed by atoms with E-state index in [1.807, 2.05) is 0 Å². The fourth-order valence-electron chi connectivity index (χ4n) is 1.86. The average molecular weight is 295 g/mol. The number of pyridine rings is 1. The lowest BCUT2D eigenvalue weighted by atomic mass is 10.3. The molecule has 0 spiro atoms. The van der Waals surface area contributed by atoms with Gasteiger partial charge in [0.25, 0.3) is 5.56 Å². The molecule has 3 N–H and O–H groups in total. The molecule has 1 aromatic rings. The van der Waals surface area contributed by atoms with Crippen LogP contribution in [-0.4, -0.2) is 30.2 Å². The number of aryl methyl sites for hydroxylation is 1. The van der Waals surface area contributed by atoms with Gasteiger partial charge in [-0.3, -0.25) is 9.59 Å². The highest BCUT2D eigenvalue weighted by atomic mass is 16.5. The summed E-state index contributed by atoms with van der Waals surface area (Å²) in [6.45, 7) is 3.86. The number of ether oxygens (including phenoxy) is 1. The van der Waals surface area contributed by atoms with E-state index < -0.39 is 0 Å². The van der Waals surface area contributed by atoms with Gasteiger partial charge in [-0.05, 0) is 18.6 Å². The third-order valence-corrected chi connectivity index (χ3v) is 3.04. The summed E-state index contributed by atoms with van der Waals surface area (Å²) in [6.07, 6.45) is 5.05. The van der Waals surface area contributed by atoms with Crippen molar-refractivity contribution in [3.63, 3.8) is 0 Å². The van der Waals surface area contributed by atoms with Crippen molar-refractivity contribution in [2.45, 2.75) is 39.2 Å². The molecule has 6 heteroatoms. The van der Waals surface area contributed by atoms with Gasteiger partial charge in [0.15, 0.2) is 5.75 Å². The van der Waals surface area contributed by atoms with Crippen LogP contribution in [0.3, 0.4) is 0 Å². The molecule has 0 saturated heterocycles. The number of aromatic nitrogens is 1. The van der Waals surface area contributed by atoms with E-state index in [1.165, 1.54) is 4.57 Å². The number of unbranched alkanes of at least 4 members (excludes halogenated alkanes) is 2. The van der Waals surface area contributed by atoms with Gasteiger partial charge in [0.1, 0.15) is 0 Å². The van der Waals surface area contributed by atoms with E-state index in [4.69, 9.17) is 10.5 Å². The van der Waals surface area contributed by atoms with Crippen molar-refractivity contribution in [1.82, 2.24) is 9.88 Å². The molecular weight excluding hydrogens is 270 g/mol. The van der Waals surface area contributed by atoms with Gasteiger partial charge < -0.3 is 20.4 Å². The number of nitrogens with one attached hydrogen (secondary N) is 1. The number of carbonyl (C=O) groups excluding carboxylic acids is 1. The molecule has 0 bridgehead atoms. The van der Waals surface area contributed by atoms with Crippen LogP contribution in [0.5, 0.6) is 5.75 Å². The molecule has 1 aromatic heterocycles. The Morgan fingerprint density at radius 3 is 2.95 bits per heavy atom. The molecule has 1 heterocycles. The van der Waals surface area contributed by atoms with Crippen LogP contribution in [0.25, 0.3) is 0 Å². The molecular formula is C15H25N3O3. The fourth-order valence-corrected chi connectivity index (χ4v) is 1.86. The SMILES string of the molecule is CCCCCOc1cccn(CCC(=O)NCCN)c1=O. The first kappa shape index (κ1) is 17.2. The van der Waals surface area contributed by atoms with Crippen LogP contribution in [0.2, 0.25) is 0 Å². The van der Waals surface area contributed by atoms with Crippen LogP contribution < -0.4 is 21.3 Å². The van der Waals surface area contributed by atoms with E-state index in [2.05, 4.69) is 12.2 Å². The van der Waals surface area contributed by atoms with E-state index in [-0.39, 0.29) is 17.9 Å². The highest BCUT2D eigenvalue weighted by molar-refractivity contribution is 5.75. The molecule has 6 nitrogen and oxygen atoms in total. The summed E-state index contributed by atoms with van der Waals surface area (Å²) in [5.74, 6) is 0.234. The summed E-state index contributed by atoms with van der Waals surface area (Å²) in [6, 6.07) is 3.42. The largest absolute Gasteiger partial charge is 0.488 e. The summed E-state index contributed by atoms with van der Waals surface area (Å²) in [5, 5.41) is 2.67. The fraction of sp³-hybridized carbons (Fsp3) is 0.600. The third-order valence-electron chi connectivity index (χ3n) is 3.04. The third kappa shape index (κ3) is 6.44. The predicted molar refractivity (Wildman–Crippen MR) is 82.4 cm³/mol. The number of rotatable bonds is 10. The maximum Gasteiger partial charge on any atom is 0.292 e. The first-order chi connectivity index (χ1) is 10.2. The first-order valence-corrected chi connectivity index (χ1v) is 7.48. The Morgan fingerprint density at radius 1 is 1.43 bits per heavy atom. The Morgan fingerprint density at radius 2 is 2.24 bits per heavy atom. The minimum Gasteiger partial charge on any atom is -0.488 e. The Hall–Kier alpha value is -1.82. The summed E-state index contributed by atoms with van der Waals surface area (Å²) < 4.78 is 7.00. The molecule has 0 radical (unpaired) electrons. The Labute approximate surface area is 125 Å². The number of nitrogens with zero attached hydrogens (tertiary/aromatic N) is 1. The highest BCUT2D eigenvalue weighted by Crippen LogP contribution is 2.04. The van der Waals surface area contributed by atoms with Crippen molar-refractivity contribution in [2.75, 3.05) is 19.7 Å². The van der Waals surface area contributed by atoms with E-state index in [0.29, 0.717) is 32.0 Å². The van der Waals surface area contributed by atoms with Crippen molar-refractivity contribution >= 4 is 5.91 Å². The van der Waals surface area contributed by atoms with Gasteiger partial charge >= 0.3 is 0 Å². The van der Waals surface area contributed by atoms with Gasteiger partial charge in [0.05, 0.1) is 6.61 Å². The second kappa shape index (κ2) is 9.99. The Balaban J connectivity index is 2.51. The zero-order chi connectivity index (χ0) is 15.5. The molecule has 0 fully saturated rings. The van der Waals surface area contributed by atoms with Gasteiger partial charge in [-0.2, -0.15) is 0 Å². The lowest BCUT2D eigenvalue weighted by Gasteiger charge is -2.09. The zero-order valence-electron chi connectivity index (χ0n) is 12.6. The second-order valence-electron chi connectivity index (χ2n) is 4.82. The van der Waals surface area contributed by atoms with E-state index in [0.717, 1.165) is 19.3 Å². The molecule has 0 unspecified atom stereocenters. The number of hydrogen-bond donors (Lipinski definition) is 2. The molecule has 1 rings (SSSR count). The van der Waals surface area contributed by atoms with Gasteiger partial charge in [0.2, 0.25) is 5.91 Å². The summed E-state index contributed by atoms with van der Waals surface area (Å²) in [7, 11) is 0. The van der Waals surface area contributed by atoms with E-state index in [9.17, 15) is 9.59 Å². The minimum absolute atomic E-state index is 0.110. The molecule has 0 saturated carbocycles. The lowest BCUT2D eigenvalue weighted by Crippen LogP contribution is -2.31. The van der Waals surface area contributed by atoms with Crippen molar-refractivity contribution in [3.05, 3.63) is 28.7 Å². The monoisotopic (exact) mass is 295 g/mol. The summed E-state index contributed by atoms with van der Waals surface area (Å²) >= 11 is 0. The van der Waals surface area contributed by atoms with Crippen molar-refractivity contribution in [3.8, 4) is 5.75 Å². The summed E-state index contributed by atoms with van der Waals surface area (Å²) in [4.78, 5) is 23.6.